The van der Waals surface area contributed by atoms with Crippen LogP contribution in [-0.4, -0.2) is 24.0 Å². The molecule has 1 aliphatic heterocycles. The molecule has 120 valence electrons. The molecule has 23 heavy (non-hydrogen) atoms. The second-order valence-electron chi connectivity index (χ2n) is 6.63. The molecule has 1 saturated carbocycles. The minimum absolute atomic E-state index is 0.166. The van der Waals surface area contributed by atoms with Gasteiger partial charge in [-0.2, -0.15) is 0 Å². The number of fused-ring (bicyclic) bond motifs is 1. The van der Waals surface area contributed by atoms with E-state index in [0.29, 0.717) is 5.92 Å². The maximum Gasteiger partial charge on any atom is 0.232 e. The van der Waals surface area contributed by atoms with E-state index in [-0.39, 0.29) is 11.3 Å². The summed E-state index contributed by atoms with van der Waals surface area (Å²) in [6, 6.07) is 7.73. The topological polar surface area (TPSA) is 67.2 Å². The van der Waals surface area contributed by atoms with Crippen molar-refractivity contribution < 1.29 is 9.21 Å². The van der Waals surface area contributed by atoms with Crippen molar-refractivity contribution in [2.75, 3.05) is 18.4 Å². The van der Waals surface area contributed by atoms with Crippen molar-refractivity contribution in [3.8, 4) is 11.3 Å². The van der Waals surface area contributed by atoms with Crippen LogP contribution in [0.1, 0.15) is 25.7 Å². The maximum atomic E-state index is 12.9. The molecular formula is C18H21N3O2. The highest BCUT2D eigenvalue weighted by Crippen LogP contribution is 2.44. The monoisotopic (exact) mass is 311 g/mol. The SMILES string of the molecule is O=C(Nc1ccc(-c2cnco2)cc1)[C@@]12CCCC[C@H]1CNC2. The first-order chi connectivity index (χ1) is 11.3. The molecule has 2 N–H and O–H groups in total. The lowest BCUT2D eigenvalue weighted by atomic mass is 9.67. The minimum Gasteiger partial charge on any atom is -0.444 e. The summed E-state index contributed by atoms with van der Waals surface area (Å²) in [5.41, 5.74) is 1.57. The number of carbonyl (C=O) groups excluding carboxylic acids is 1. The van der Waals surface area contributed by atoms with Crippen LogP contribution >= 0.6 is 0 Å². The molecule has 4 rings (SSSR count). The van der Waals surface area contributed by atoms with E-state index in [1.54, 1.807) is 6.20 Å². The summed E-state index contributed by atoms with van der Waals surface area (Å²) in [5.74, 6) is 1.37. The second-order valence-corrected chi connectivity index (χ2v) is 6.63. The van der Waals surface area contributed by atoms with Gasteiger partial charge in [-0.3, -0.25) is 4.79 Å². The van der Waals surface area contributed by atoms with Gasteiger partial charge in [0.1, 0.15) is 0 Å². The number of hydrogen-bond donors (Lipinski definition) is 2. The average Bonchev–Trinajstić information content (AvgIpc) is 3.25. The van der Waals surface area contributed by atoms with Crippen molar-refractivity contribution in [3.63, 3.8) is 0 Å². The van der Waals surface area contributed by atoms with Gasteiger partial charge in [-0.05, 0) is 49.6 Å². The van der Waals surface area contributed by atoms with Crippen LogP contribution in [-0.2, 0) is 4.79 Å². The third-order valence-corrected chi connectivity index (χ3v) is 5.35. The van der Waals surface area contributed by atoms with Gasteiger partial charge in [-0.25, -0.2) is 4.98 Å². The van der Waals surface area contributed by atoms with Crippen LogP contribution in [0, 0.1) is 11.3 Å². The summed E-state index contributed by atoms with van der Waals surface area (Å²) in [4.78, 5) is 16.8. The van der Waals surface area contributed by atoms with Crippen LogP contribution < -0.4 is 10.6 Å². The van der Waals surface area contributed by atoms with Crippen LogP contribution in [0.15, 0.2) is 41.3 Å². The number of carbonyl (C=O) groups is 1. The molecule has 0 spiro atoms. The molecule has 5 nitrogen and oxygen atoms in total. The molecule has 2 heterocycles. The van der Waals surface area contributed by atoms with Crippen molar-refractivity contribution in [3.05, 3.63) is 36.9 Å². The molecule has 2 aromatic rings. The molecule has 1 saturated heterocycles. The third kappa shape index (κ3) is 2.55. The quantitative estimate of drug-likeness (QED) is 0.914. The summed E-state index contributed by atoms with van der Waals surface area (Å²) >= 11 is 0. The molecule has 1 aliphatic carbocycles. The van der Waals surface area contributed by atoms with Gasteiger partial charge in [-0.15, -0.1) is 0 Å². The molecule has 1 amide bonds. The van der Waals surface area contributed by atoms with E-state index in [2.05, 4.69) is 15.6 Å². The Morgan fingerprint density at radius 3 is 2.96 bits per heavy atom. The first kappa shape index (κ1) is 14.5. The Hall–Kier alpha value is -2.14. The zero-order valence-corrected chi connectivity index (χ0v) is 13.0. The highest BCUT2D eigenvalue weighted by Gasteiger charge is 2.49. The van der Waals surface area contributed by atoms with Crippen molar-refractivity contribution >= 4 is 11.6 Å². The van der Waals surface area contributed by atoms with Gasteiger partial charge in [0, 0.05) is 17.8 Å². The van der Waals surface area contributed by atoms with Crippen molar-refractivity contribution in [1.29, 1.82) is 0 Å². The van der Waals surface area contributed by atoms with Gasteiger partial charge >= 0.3 is 0 Å². The van der Waals surface area contributed by atoms with Crippen LogP contribution in [0.3, 0.4) is 0 Å². The first-order valence-electron chi connectivity index (χ1n) is 8.29. The summed E-state index contributed by atoms with van der Waals surface area (Å²) in [7, 11) is 0. The second kappa shape index (κ2) is 5.81. The number of oxazole rings is 1. The number of aromatic nitrogens is 1. The number of hydrogen-bond acceptors (Lipinski definition) is 4. The van der Waals surface area contributed by atoms with Crippen molar-refractivity contribution in [2.45, 2.75) is 25.7 Å². The number of nitrogens with one attached hydrogen (secondary N) is 2. The van der Waals surface area contributed by atoms with Gasteiger partial charge in [-0.1, -0.05) is 12.8 Å². The van der Waals surface area contributed by atoms with Crippen molar-refractivity contribution in [1.82, 2.24) is 10.3 Å². The van der Waals surface area contributed by atoms with Crippen LogP contribution in [0.4, 0.5) is 5.69 Å². The molecule has 2 atom stereocenters. The lowest BCUT2D eigenvalue weighted by molar-refractivity contribution is -0.128. The fourth-order valence-corrected chi connectivity index (χ4v) is 4.02. The van der Waals surface area contributed by atoms with Gasteiger partial charge in [0.05, 0.1) is 11.6 Å². The highest BCUT2D eigenvalue weighted by atomic mass is 16.3. The first-order valence-corrected chi connectivity index (χ1v) is 8.29. The fraction of sp³-hybridized carbons (Fsp3) is 0.444. The van der Waals surface area contributed by atoms with E-state index in [1.165, 1.54) is 12.8 Å². The molecule has 5 heteroatoms. The number of amides is 1. The molecule has 1 aromatic heterocycles. The molecular weight excluding hydrogens is 290 g/mol. The maximum absolute atomic E-state index is 12.9. The summed E-state index contributed by atoms with van der Waals surface area (Å²) in [6.07, 6.45) is 7.64. The van der Waals surface area contributed by atoms with Gasteiger partial charge < -0.3 is 15.1 Å². The predicted molar refractivity (Wildman–Crippen MR) is 87.8 cm³/mol. The van der Waals surface area contributed by atoms with E-state index >= 15 is 0 Å². The van der Waals surface area contributed by atoms with E-state index < -0.39 is 0 Å². The Morgan fingerprint density at radius 1 is 1.30 bits per heavy atom. The van der Waals surface area contributed by atoms with E-state index in [1.807, 2.05) is 24.3 Å². The molecule has 2 aliphatic rings. The van der Waals surface area contributed by atoms with Crippen LogP contribution in [0.25, 0.3) is 11.3 Å². The fourth-order valence-electron chi connectivity index (χ4n) is 4.02. The summed E-state index contributed by atoms with van der Waals surface area (Å²) in [5, 5.41) is 6.54. The van der Waals surface area contributed by atoms with E-state index in [9.17, 15) is 4.79 Å². The van der Waals surface area contributed by atoms with Crippen LogP contribution in [0.2, 0.25) is 0 Å². The van der Waals surface area contributed by atoms with Gasteiger partial charge in [0.15, 0.2) is 12.2 Å². The van der Waals surface area contributed by atoms with E-state index in [4.69, 9.17) is 4.42 Å². The molecule has 0 unspecified atom stereocenters. The largest absolute Gasteiger partial charge is 0.444 e. The number of benzene rings is 1. The van der Waals surface area contributed by atoms with Crippen LogP contribution in [0.5, 0.6) is 0 Å². The Labute approximate surface area is 135 Å². The zero-order valence-electron chi connectivity index (χ0n) is 13.0. The standard InChI is InChI=1S/C18H21N3O2/c22-17(18-8-2-1-3-14(18)9-19-11-18)21-15-6-4-13(5-7-15)16-10-20-12-23-16/h4-7,10,12,14,19H,1-3,8-9,11H2,(H,21,22)/t14-,18+/m0/s1. The molecule has 1 aromatic carbocycles. The van der Waals surface area contributed by atoms with Gasteiger partial charge in [0.2, 0.25) is 5.91 Å². The summed E-state index contributed by atoms with van der Waals surface area (Å²) in [6.45, 7) is 1.78. The minimum atomic E-state index is -0.220. The number of nitrogens with zero attached hydrogens (tertiary/aromatic N) is 1. The third-order valence-electron chi connectivity index (χ3n) is 5.35. The average molecular weight is 311 g/mol. The van der Waals surface area contributed by atoms with Gasteiger partial charge in [0.25, 0.3) is 0 Å². The molecule has 2 fully saturated rings. The number of anilines is 1. The normalized spacial score (nSPS) is 26.7. The molecule has 0 bridgehead atoms. The predicted octanol–water partition coefficient (Wildman–Crippen LogP) is 3.06. The van der Waals surface area contributed by atoms with E-state index in [0.717, 1.165) is 49.4 Å². The Morgan fingerprint density at radius 2 is 2.17 bits per heavy atom. The smallest absolute Gasteiger partial charge is 0.232 e. The van der Waals surface area contributed by atoms with Crippen molar-refractivity contribution in [2.24, 2.45) is 11.3 Å². The lowest BCUT2D eigenvalue weighted by Crippen LogP contribution is -2.44. The zero-order chi connectivity index (χ0) is 15.7. The molecule has 0 radical (unpaired) electrons. The number of rotatable bonds is 3. The Bertz CT molecular complexity index is 681. The Kier molecular flexibility index (Phi) is 3.65. The lowest BCUT2D eigenvalue weighted by Gasteiger charge is -2.37. The summed E-state index contributed by atoms with van der Waals surface area (Å²) < 4.78 is 5.28. The highest BCUT2D eigenvalue weighted by molar-refractivity contribution is 5.96. The Balaban J connectivity index is 1.50.